The fourth-order valence-corrected chi connectivity index (χ4v) is 7.44. The summed E-state index contributed by atoms with van der Waals surface area (Å²) in [6.07, 6.45) is -0.318. The van der Waals surface area contributed by atoms with E-state index >= 15 is 0 Å². The van der Waals surface area contributed by atoms with E-state index in [9.17, 15) is 13.2 Å². The first kappa shape index (κ1) is 31.3. The molecule has 0 spiro atoms. The molecule has 1 aliphatic rings. The highest BCUT2D eigenvalue weighted by atomic mass is 32.2. The zero-order valence-corrected chi connectivity index (χ0v) is 26.5. The molecular formula is C30H45NO6SSi. The monoisotopic (exact) mass is 575 g/mol. The van der Waals surface area contributed by atoms with Gasteiger partial charge < -0.3 is 13.9 Å². The van der Waals surface area contributed by atoms with E-state index in [1.165, 1.54) is 0 Å². The molecule has 3 atom stereocenters. The van der Waals surface area contributed by atoms with Crippen LogP contribution in [0.3, 0.4) is 0 Å². The topological polar surface area (TPSA) is 82.1 Å². The van der Waals surface area contributed by atoms with E-state index in [-0.39, 0.29) is 29.6 Å². The molecular weight excluding hydrogens is 530 g/mol. The van der Waals surface area contributed by atoms with Crippen LogP contribution in [-0.2, 0) is 30.3 Å². The predicted octanol–water partition coefficient (Wildman–Crippen LogP) is 6.45. The van der Waals surface area contributed by atoms with Crippen LogP contribution in [0.15, 0.2) is 65.6 Å². The van der Waals surface area contributed by atoms with Gasteiger partial charge in [-0.3, -0.25) is 4.90 Å². The summed E-state index contributed by atoms with van der Waals surface area (Å²) in [6.45, 7) is 16.7. The molecule has 1 aliphatic heterocycles. The third kappa shape index (κ3) is 7.93. The third-order valence-corrected chi connectivity index (χ3v) is 14.3. The Hall–Kier alpha value is -2.20. The van der Waals surface area contributed by atoms with Crippen LogP contribution in [0.25, 0.3) is 0 Å². The van der Waals surface area contributed by atoms with Crippen LogP contribution in [0, 0.1) is 0 Å². The van der Waals surface area contributed by atoms with Crippen molar-refractivity contribution in [2.75, 3.05) is 13.2 Å². The number of rotatable bonds is 9. The van der Waals surface area contributed by atoms with Crippen molar-refractivity contribution in [3.05, 3.63) is 66.2 Å². The van der Waals surface area contributed by atoms with Gasteiger partial charge in [-0.2, -0.15) is 0 Å². The summed E-state index contributed by atoms with van der Waals surface area (Å²) in [5.41, 5.74) is 0.263. The van der Waals surface area contributed by atoms with E-state index in [1.807, 2.05) is 30.3 Å². The lowest BCUT2D eigenvalue weighted by atomic mass is 10.2. The Morgan fingerprint density at radius 3 is 2.03 bits per heavy atom. The van der Waals surface area contributed by atoms with Gasteiger partial charge in [-0.25, -0.2) is 13.2 Å². The Morgan fingerprint density at radius 1 is 0.923 bits per heavy atom. The molecule has 1 amide bonds. The predicted molar refractivity (Wildman–Crippen MR) is 157 cm³/mol. The van der Waals surface area contributed by atoms with Crippen molar-refractivity contribution >= 4 is 24.2 Å². The largest absolute Gasteiger partial charge is 0.444 e. The summed E-state index contributed by atoms with van der Waals surface area (Å²) in [5, 5.41) is -0.934. The Morgan fingerprint density at radius 2 is 1.49 bits per heavy atom. The van der Waals surface area contributed by atoms with Crippen molar-refractivity contribution in [3.8, 4) is 0 Å². The highest BCUT2D eigenvalue weighted by Gasteiger charge is 2.52. The molecule has 39 heavy (non-hydrogen) atoms. The number of sulfone groups is 1. The minimum Gasteiger partial charge on any atom is -0.444 e. The molecule has 1 fully saturated rings. The molecule has 7 nitrogen and oxygen atoms in total. The van der Waals surface area contributed by atoms with Gasteiger partial charge in [-0.05, 0) is 63.0 Å². The molecule has 2 aromatic carbocycles. The Labute approximate surface area is 235 Å². The molecule has 2 aromatic rings. The first-order valence-corrected chi connectivity index (χ1v) is 18.0. The maximum absolute atomic E-state index is 14.0. The van der Waals surface area contributed by atoms with Crippen molar-refractivity contribution in [1.29, 1.82) is 0 Å². The van der Waals surface area contributed by atoms with Gasteiger partial charge in [-0.15, -0.1) is 0 Å². The number of hydrogen-bond acceptors (Lipinski definition) is 6. The highest BCUT2D eigenvalue weighted by Crippen LogP contribution is 2.39. The fraction of sp³-hybridized carbons (Fsp3) is 0.567. The van der Waals surface area contributed by atoms with E-state index < -0.39 is 47.2 Å². The van der Waals surface area contributed by atoms with Gasteiger partial charge in [0.15, 0.2) is 18.2 Å². The maximum Gasteiger partial charge on any atom is 0.410 e. The molecule has 0 radical (unpaired) electrons. The third-order valence-electron chi connectivity index (χ3n) is 7.60. The quantitative estimate of drug-likeness (QED) is 0.320. The molecule has 0 aromatic heterocycles. The molecule has 1 saturated heterocycles. The van der Waals surface area contributed by atoms with E-state index in [4.69, 9.17) is 13.9 Å². The summed E-state index contributed by atoms with van der Waals surface area (Å²) < 4.78 is 46.4. The van der Waals surface area contributed by atoms with Crippen LogP contribution in [-0.4, -0.2) is 63.9 Å². The molecule has 0 N–H and O–H groups in total. The molecule has 0 unspecified atom stereocenters. The average molecular weight is 576 g/mol. The summed E-state index contributed by atoms with van der Waals surface area (Å²) in [6, 6.07) is 17.0. The molecule has 216 valence electrons. The molecule has 0 bridgehead atoms. The minimum atomic E-state index is -3.78. The van der Waals surface area contributed by atoms with E-state index in [1.54, 1.807) is 56.0 Å². The lowest BCUT2D eigenvalue weighted by molar-refractivity contribution is -0.00472. The smallest absolute Gasteiger partial charge is 0.410 e. The standard InChI is InChI=1S/C30H45NO6SSi/c1-29(2,3)37-28(32)31-24(21-35-20-23-15-11-9-12-16-23)19-27(38(33,34)25-17-13-10-14-18-25)26(31)22-36-39(7,8)30(4,5)6/h9-18,24,26-27H,19-22H2,1-8H3/t24-,26+,27+/m0/s1. The highest BCUT2D eigenvalue weighted by molar-refractivity contribution is 7.92. The lowest BCUT2D eigenvalue weighted by Gasteiger charge is -2.39. The van der Waals surface area contributed by atoms with Crippen molar-refractivity contribution in [2.45, 2.75) is 101 Å². The molecule has 0 saturated carbocycles. The molecule has 1 heterocycles. The summed E-state index contributed by atoms with van der Waals surface area (Å²) >= 11 is 0. The molecule has 0 aliphatic carbocycles. The second kappa shape index (κ2) is 12.1. The maximum atomic E-state index is 14.0. The number of benzene rings is 2. The number of amides is 1. The van der Waals surface area contributed by atoms with Crippen molar-refractivity contribution in [3.63, 3.8) is 0 Å². The van der Waals surface area contributed by atoms with E-state index in [0.29, 0.717) is 6.61 Å². The molecule has 3 rings (SSSR count). The first-order valence-electron chi connectivity index (χ1n) is 13.6. The minimum absolute atomic E-state index is 0.0750. The second-order valence-electron chi connectivity index (χ2n) is 12.8. The van der Waals surface area contributed by atoms with Gasteiger partial charge >= 0.3 is 6.09 Å². The normalized spacial score (nSPS) is 20.7. The zero-order valence-electron chi connectivity index (χ0n) is 24.6. The summed E-state index contributed by atoms with van der Waals surface area (Å²) in [4.78, 5) is 15.5. The van der Waals surface area contributed by atoms with Crippen molar-refractivity contribution < 1.29 is 27.1 Å². The van der Waals surface area contributed by atoms with Crippen LogP contribution in [0.2, 0.25) is 18.1 Å². The van der Waals surface area contributed by atoms with E-state index in [2.05, 4.69) is 33.9 Å². The summed E-state index contributed by atoms with van der Waals surface area (Å²) in [5.74, 6) is 0. The van der Waals surface area contributed by atoms with E-state index in [0.717, 1.165) is 5.56 Å². The van der Waals surface area contributed by atoms with Crippen LogP contribution in [0.5, 0.6) is 0 Å². The van der Waals surface area contributed by atoms with Gasteiger partial charge in [0.25, 0.3) is 0 Å². The van der Waals surface area contributed by atoms with Crippen molar-refractivity contribution in [2.24, 2.45) is 0 Å². The van der Waals surface area contributed by atoms with Gasteiger partial charge in [-0.1, -0.05) is 69.3 Å². The number of nitrogens with zero attached hydrogens (tertiary/aromatic N) is 1. The Kier molecular flexibility index (Phi) is 9.74. The second-order valence-corrected chi connectivity index (χ2v) is 19.8. The summed E-state index contributed by atoms with van der Waals surface area (Å²) in [7, 11) is -6.03. The Bertz CT molecular complexity index is 1190. The van der Waals surface area contributed by atoms with Crippen LogP contribution in [0.4, 0.5) is 4.79 Å². The van der Waals surface area contributed by atoms with Gasteiger partial charge in [0.2, 0.25) is 0 Å². The fourth-order valence-electron chi connectivity index (χ4n) is 4.44. The lowest BCUT2D eigenvalue weighted by Crippen LogP contribution is -2.52. The Balaban J connectivity index is 1.98. The van der Waals surface area contributed by atoms with Gasteiger partial charge in [0.05, 0.1) is 42.0 Å². The number of carbonyl (C=O) groups is 1. The zero-order chi connectivity index (χ0) is 29.1. The number of likely N-dealkylation sites (tertiary alicyclic amines) is 1. The van der Waals surface area contributed by atoms with Gasteiger partial charge in [0.1, 0.15) is 5.60 Å². The van der Waals surface area contributed by atoms with Gasteiger partial charge in [0, 0.05) is 0 Å². The average Bonchev–Trinajstić information content (AvgIpc) is 3.22. The first-order chi connectivity index (χ1) is 18.0. The number of ether oxygens (including phenoxy) is 2. The number of hydrogen-bond donors (Lipinski definition) is 0. The van der Waals surface area contributed by atoms with Crippen LogP contribution >= 0.6 is 0 Å². The number of carbonyl (C=O) groups excluding carboxylic acids is 1. The SMILES string of the molecule is CC(C)(C)OC(=O)N1[C@H](COCc2ccccc2)C[C@@H](S(=O)(=O)c2ccccc2)[C@H]1CO[Si](C)(C)C(C)(C)C. The molecule has 9 heteroatoms. The van der Waals surface area contributed by atoms with Crippen LogP contribution in [0.1, 0.15) is 53.5 Å². The van der Waals surface area contributed by atoms with Crippen molar-refractivity contribution in [1.82, 2.24) is 4.90 Å². The van der Waals surface area contributed by atoms with Crippen LogP contribution < -0.4 is 0 Å².